The minimum atomic E-state index is -0.183. The molecule has 1 amide bonds. The zero-order valence-corrected chi connectivity index (χ0v) is 16.8. The molecule has 2 aromatic carbocycles. The zero-order valence-electron chi connectivity index (χ0n) is 14.3. The van der Waals surface area contributed by atoms with E-state index in [0.29, 0.717) is 17.3 Å². The Morgan fingerprint density at radius 3 is 2.93 bits per heavy atom. The Morgan fingerprint density at radius 1 is 1.33 bits per heavy atom. The van der Waals surface area contributed by atoms with Crippen molar-refractivity contribution in [1.82, 2.24) is 9.55 Å². The lowest BCUT2D eigenvalue weighted by molar-refractivity contribution is -0.113. The number of thioether (sulfide) groups is 1. The van der Waals surface area contributed by atoms with Crippen LogP contribution >= 0.6 is 27.7 Å². The van der Waals surface area contributed by atoms with Crippen LogP contribution in [0.15, 0.2) is 53.3 Å². The first-order chi connectivity index (χ1) is 13.1. The van der Waals surface area contributed by atoms with Crippen LogP contribution in [0.25, 0.3) is 5.69 Å². The van der Waals surface area contributed by atoms with Crippen LogP contribution in [0, 0.1) is 0 Å². The summed E-state index contributed by atoms with van der Waals surface area (Å²) in [6, 6.07) is 13.2. The predicted octanol–water partition coefficient (Wildman–Crippen LogP) is 4.12. The monoisotopic (exact) mass is 445 g/mol. The second-order valence-electron chi connectivity index (χ2n) is 6.00. The number of aromatic hydroxyl groups is 1. The van der Waals surface area contributed by atoms with Gasteiger partial charge < -0.3 is 15.2 Å². The van der Waals surface area contributed by atoms with Crippen molar-refractivity contribution in [3.8, 4) is 17.2 Å². The molecule has 0 unspecified atom stereocenters. The van der Waals surface area contributed by atoms with Gasteiger partial charge in [-0.15, -0.1) is 11.8 Å². The number of methoxy groups -OCH3 is 1. The van der Waals surface area contributed by atoms with E-state index in [-0.39, 0.29) is 16.9 Å². The first-order valence-electron chi connectivity index (χ1n) is 8.18. The zero-order chi connectivity index (χ0) is 19.0. The minimum Gasteiger partial charge on any atom is -0.504 e. The van der Waals surface area contributed by atoms with Gasteiger partial charge >= 0.3 is 0 Å². The Morgan fingerprint density at radius 2 is 2.19 bits per heavy atom. The molecule has 138 valence electrons. The highest BCUT2D eigenvalue weighted by molar-refractivity contribution is 9.10. The normalized spacial score (nSPS) is 16.4. The Balaban J connectivity index is 1.87. The van der Waals surface area contributed by atoms with Crippen molar-refractivity contribution < 1.29 is 14.6 Å². The largest absolute Gasteiger partial charge is 0.504 e. The Hall–Kier alpha value is -2.45. The molecule has 8 heteroatoms. The fraction of sp³-hybridized carbons (Fsp3) is 0.158. The number of benzene rings is 2. The maximum Gasteiger partial charge on any atom is 0.235 e. The molecule has 0 aliphatic carbocycles. The molecule has 2 N–H and O–H groups in total. The Bertz CT molecular complexity index is 1020. The third-order valence-electron chi connectivity index (χ3n) is 4.28. The number of ether oxygens (including phenoxy) is 1. The molecular weight excluding hydrogens is 430 g/mol. The number of rotatable bonds is 3. The first kappa shape index (κ1) is 17.9. The molecule has 3 aromatic rings. The summed E-state index contributed by atoms with van der Waals surface area (Å²) >= 11 is 4.99. The molecular formula is C19H16BrN3O3S. The highest BCUT2D eigenvalue weighted by Gasteiger charge is 2.29. The average molecular weight is 446 g/mol. The molecule has 1 aromatic heterocycles. The van der Waals surface area contributed by atoms with E-state index in [1.807, 2.05) is 34.9 Å². The van der Waals surface area contributed by atoms with Crippen molar-refractivity contribution in [2.45, 2.75) is 5.25 Å². The molecule has 1 atom stereocenters. The summed E-state index contributed by atoms with van der Waals surface area (Å²) in [6.45, 7) is 0. The second kappa shape index (κ2) is 7.28. The molecule has 0 spiro atoms. The average Bonchev–Trinajstić information content (AvgIpc) is 2.98. The number of hydrogen-bond acceptors (Lipinski definition) is 5. The Kier molecular flexibility index (Phi) is 4.84. The summed E-state index contributed by atoms with van der Waals surface area (Å²) < 4.78 is 8.06. The van der Waals surface area contributed by atoms with Gasteiger partial charge in [0.15, 0.2) is 17.3 Å². The van der Waals surface area contributed by atoms with E-state index >= 15 is 0 Å². The van der Waals surface area contributed by atoms with Crippen LogP contribution in [0.5, 0.6) is 11.5 Å². The minimum absolute atomic E-state index is 0.0641. The lowest BCUT2D eigenvalue weighted by atomic mass is 10.1. The number of anilines is 1. The molecule has 0 saturated carbocycles. The fourth-order valence-corrected chi connectivity index (χ4v) is 4.57. The summed E-state index contributed by atoms with van der Waals surface area (Å²) in [6.07, 6.45) is 1.70. The number of nitrogens with one attached hydrogen (secondary N) is 1. The van der Waals surface area contributed by atoms with Crippen molar-refractivity contribution in [3.05, 3.63) is 64.5 Å². The smallest absolute Gasteiger partial charge is 0.235 e. The van der Waals surface area contributed by atoms with Crippen molar-refractivity contribution >= 4 is 39.4 Å². The maximum absolute atomic E-state index is 12.1. The highest BCUT2D eigenvalue weighted by atomic mass is 79.9. The SMILES string of the molecule is COc1ccc([C@H]2SCC(=O)Nc3ncn(-c4cccc(Br)c4)c32)cc1O. The Labute approximate surface area is 168 Å². The molecule has 0 fully saturated rings. The second-order valence-corrected chi connectivity index (χ2v) is 8.01. The van der Waals surface area contributed by atoms with E-state index in [1.54, 1.807) is 18.5 Å². The van der Waals surface area contributed by atoms with Crippen molar-refractivity contribution in [2.24, 2.45) is 0 Å². The molecule has 1 aliphatic rings. The molecule has 1 aliphatic heterocycles. The van der Waals surface area contributed by atoms with Crippen LogP contribution in [0.1, 0.15) is 16.5 Å². The number of halogens is 1. The number of imidazole rings is 1. The van der Waals surface area contributed by atoms with Gasteiger partial charge in [0.2, 0.25) is 5.91 Å². The lowest BCUT2D eigenvalue weighted by Crippen LogP contribution is -2.12. The quantitative estimate of drug-likeness (QED) is 0.633. The number of carbonyl (C=O) groups excluding carboxylic acids is 1. The van der Waals surface area contributed by atoms with Gasteiger partial charge in [-0.05, 0) is 35.9 Å². The van der Waals surface area contributed by atoms with Gasteiger partial charge in [0.1, 0.15) is 6.33 Å². The highest BCUT2D eigenvalue weighted by Crippen LogP contribution is 2.44. The summed E-state index contributed by atoms with van der Waals surface area (Å²) in [5.74, 6) is 1.21. The number of phenols is 1. The van der Waals surface area contributed by atoms with Gasteiger partial charge in [0.05, 0.1) is 23.8 Å². The van der Waals surface area contributed by atoms with E-state index in [1.165, 1.54) is 18.9 Å². The summed E-state index contributed by atoms with van der Waals surface area (Å²) in [7, 11) is 1.51. The van der Waals surface area contributed by atoms with Gasteiger partial charge in [-0.25, -0.2) is 4.98 Å². The van der Waals surface area contributed by atoms with Crippen LogP contribution in [0.4, 0.5) is 5.82 Å². The van der Waals surface area contributed by atoms with Crippen molar-refractivity contribution in [2.75, 3.05) is 18.2 Å². The van der Waals surface area contributed by atoms with Gasteiger partial charge in [-0.3, -0.25) is 9.36 Å². The number of fused-ring (bicyclic) bond motifs is 1. The standard InChI is InChI=1S/C19H16BrN3O3S/c1-26-15-6-5-11(7-14(15)24)18-17-19(22-16(25)9-27-18)21-10-23(17)13-4-2-3-12(20)8-13/h2-8,10,18,24H,9H2,1H3,(H,22,25)/t18-/m1/s1. The van der Waals surface area contributed by atoms with E-state index in [0.717, 1.165) is 21.4 Å². The third-order valence-corrected chi connectivity index (χ3v) is 6.03. The number of aromatic nitrogens is 2. The topological polar surface area (TPSA) is 76.4 Å². The first-order valence-corrected chi connectivity index (χ1v) is 10.0. The number of nitrogens with zero attached hydrogens (tertiary/aromatic N) is 2. The maximum atomic E-state index is 12.1. The van der Waals surface area contributed by atoms with E-state index in [9.17, 15) is 9.90 Å². The van der Waals surface area contributed by atoms with Crippen molar-refractivity contribution in [1.29, 1.82) is 0 Å². The van der Waals surface area contributed by atoms with E-state index in [4.69, 9.17) is 4.74 Å². The van der Waals surface area contributed by atoms with Crippen LogP contribution in [-0.4, -0.2) is 33.4 Å². The van der Waals surface area contributed by atoms with Gasteiger partial charge in [0, 0.05) is 10.2 Å². The third kappa shape index (κ3) is 3.42. The summed E-state index contributed by atoms with van der Waals surface area (Å²) in [5.41, 5.74) is 2.65. The van der Waals surface area contributed by atoms with Crippen LogP contribution in [-0.2, 0) is 4.79 Å². The molecule has 4 rings (SSSR count). The van der Waals surface area contributed by atoms with Crippen LogP contribution in [0.3, 0.4) is 0 Å². The summed E-state index contributed by atoms with van der Waals surface area (Å²) in [4.78, 5) is 16.6. The molecule has 2 heterocycles. The number of phenolic OH excluding ortho intramolecular Hbond substituents is 1. The fourth-order valence-electron chi connectivity index (χ4n) is 3.07. The number of carbonyl (C=O) groups is 1. The molecule has 0 saturated heterocycles. The van der Waals surface area contributed by atoms with E-state index < -0.39 is 0 Å². The number of hydrogen-bond donors (Lipinski definition) is 2. The van der Waals surface area contributed by atoms with Gasteiger partial charge in [-0.1, -0.05) is 28.1 Å². The van der Waals surface area contributed by atoms with Crippen LogP contribution in [0.2, 0.25) is 0 Å². The van der Waals surface area contributed by atoms with Crippen LogP contribution < -0.4 is 10.1 Å². The molecule has 27 heavy (non-hydrogen) atoms. The molecule has 0 bridgehead atoms. The van der Waals surface area contributed by atoms with Gasteiger partial charge in [0.25, 0.3) is 0 Å². The van der Waals surface area contributed by atoms with Gasteiger partial charge in [-0.2, -0.15) is 0 Å². The van der Waals surface area contributed by atoms with E-state index in [2.05, 4.69) is 26.2 Å². The summed E-state index contributed by atoms with van der Waals surface area (Å²) in [5, 5.41) is 12.9. The predicted molar refractivity (Wildman–Crippen MR) is 109 cm³/mol. The lowest BCUT2D eigenvalue weighted by Gasteiger charge is -2.19. The molecule has 6 nitrogen and oxygen atoms in total. The number of amides is 1. The molecule has 0 radical (unpaired) electrons. The van der Waals surface area contributed by atoms with Crippen molar-refractivity contribution in [3.63, 3.8) is 0 Å².